The Balaban J connectivity index is 1.17. The summed E-state index contributed by atoms with van der Waals surface area (Å²) in [6, 6.07) is 18.2. The number of piperazine rings is 1. The molecule has 0 N–H and O–H groups in total. The number of benzene rings is 2. The van der Waals surface area contributed by atoms with Crippen LogP contribution in [0.25, 0.3) is 11.3 Å². The average Bonchev–Trinajstić information content (AvgIpc) is 3.75. The first-order valence-electron chi connectivity index (χ1n) is 12.4. The Morgan fingerprint density at radius 3 is 2.22 bits per heavy atom. The zero-order valence-corrected chi connectivity index (χ0v) is 20.4. The summed E-state index contributed by atoms with van der Waals surface area (Å²) in [7, 11) is 0. The van der Waals surface area contributed by atoms with Gasteiger partial charge in [-0.25, -0.2) is 4.39 Å². The van der Waals surface area contributed by atoms with E-state index in [1.54, 1.807) is 17.0 Å². The minimum absolute atomic E-state index is 0.00949. The summed E-state index contributed by atoms with van der Waals surface area (Å²) in [5.74, 6) is 0.431. The predicted octanol–water partition coefficient (Wildman–Crippen LogP) is 3.68. The van der Waals surface area contributed by atoms with Gasteiger partial charge in [0.2, 0.25) is 11.8 Å². The van der Waals surface area contributed by atoms with E-state index in [1.807, 2.05) is 29.2 Å². The minimum Gasteiger partial charge on any atom is -0.352 e. The first-order chi connectivity index (χ1) is 17.5. The zero-order chi connectivity index (χ0) is 25.1. The molecule has 2 aromatic carbocycles. The Labute approximate surface area is 210 Å². The lowest BCUT2D eigenvalue weighted by Gasteiger charge is -2.36. The highest BCUT2D eigenvalue weighted by molar-refractivity contribution is 5.87. The van der Waals surface area contributed by atoms with Crippen molar-refractivity contribution < 1.29 is 14.0 Å². The average molecular weight is 488 g/mol. The largest absolute Gasteiger partial charge is 0.352 e. The number of nitrogens with zero attached hydrogens (tertiary/aromatic N) is 5. The second-order valence-electron chi connectivity index (χ2n) is 9.61. The molecular weight excluding hydrogens is 457 g/mol. The van der Waals surface area contributed by atoms with Gasteiger partial charge in [-0.15, -0.1) is 10.2 Å². The molecule has 2 amide bonds. The number of aromatic nitrogens is 2. The number of carbonyl (C=O) groups excluding carboxylic acids is 2. The summed E-state index contributed by atoms with van der Waals surface area (Å²) in [6.45, 7) is 4.82. The van der Waals surface area contributed by atoms with Gasteiger partial charge >= 0.3 is 0 Å². The fourth-order valence-electron chi connectivity index (χ4n) is 4.43. The van der Waals surface area contributed by atoms with E-state index < -0.39 is 0 Å². The van der Waals surface area contributed by atoms with Crippen LogP contribution in [0, 0.1) is 18.7 Å². The molecule has 0 bridgehead atoms. The van der Waals surface area contributed by atoms with Crippen LogP contribution in [-0.2, 0) is 16.1 Å². The monoisotopic (exact) mass is 487 g/mol. The third-order valence-corrected chi connectivity index (χ3v) is 6.81. The van der Waals surface area contributed by atoms with Gasteiger partial charge in [0.25, 0.3) is 0 Å². The Morgan fingerprint density at radius 2 is 1.61 bits per heavy atom. The summed E-state index contributed by atoms with van der Waals surface area (Å²) < 4.78 is 13.3. The van der Waals surface area contributed by atoms with Crippen molar-refractivity contribution in [1.82, 2.24) is 20.0 Å². The van der Waals surface area contributed by atoms with Gasteiger partial charge in [-0.1, -0.05) is 42.0 Å². The summed E-state index contributed by atoms with van der Waals surface area (Å²) in [6.07, 6.45) is 1.74. The maximum atomic E-state index is 13.3. The van der Waals surface area contributed by atoms with E-state index in [0.717, 1.165) is 35.5 Å². The highest BCUT2D eigenvalue weighted by atomic mass is 19.1. The van der Waals surface area contributed by atoms with Crippen molar-refractivity contribution in [2.75, 3.05) is 37.6 Å². The number of carbonyl (C=O) groups is 2. The van der Waals surface area contributed by atoms with Crippen LogP contribution in [0.1, 0.15) is 24.0 Å². The highest BCUT2D eigenvalue weighted by Gasteiger charge is 2.35. The fourth-order valence-corrected chi connectivity index (χ4v) is 4.43. The molecule has 0 radical (unpaired) electrons. The molecular formula is C28H30FN5O2. The van der Waals surface area contributed by atoms with Gasteiger partial charge in [-0.3, -0.25) is 9.59 Å². The van der Waals surface area contributed by atoms with E-state index in [1.165, 1.54) is 17.7 Å². The molecule has 2 fully saturated rings. The molecule has 1 saturated heterocycles. The summed E-state index contributed by atoms with van der Waals surface area (Å²) in [5.41, 5.74) is 3.87. The molecule has 1 saturated carbocycles. The molecule has 8 heteroatoms. The summed E-state index contributed by atoms with van der Waals surface area (Å²) >= 11 is 0. The van der Waals surface area contributed by atoms with E-state index in [-0.39, 0.29) is 30.1 Å². The van der Waals surface area contributed by atoms with Crippen molar-refractivity contribution in [1.29, 1.82) is 0 Å². The topological polar surface area (TPSA) is 69.6 Å². The van der Waals surface area contributed by atoms with E-state index in [2.05, 4.69) is 34.2 Å². The van der Waals surface area contributed by atoms with Crippen molar-refractivity contribution in [3.8, 4) is 11.3 Å². The first-order valence-corrected chi connectivity index (χ1v) is 12.4. The molecule has 0 spiro atoms. The summed E-state index contributed by atoms with van der Waals surface area (Å²) in [4.78, 5) is 31.5. The van der Waals surface area contributed by atoms with Gasteiger partial charge in [0, 0.05) is 44.2 Å². The van der Waals surface area contributed by atoms with Gasteiger partial charge in [0.05, 0.1) is 5.69 Å². The number of hydrogen-bond acceptors (Lipinski definition) is 5. The number of rotatable bonds is 7. The molecule has 7 nitrogen and oxygen atoms in total. The SMILES string of the molecule is Cc1ccc(-c2ccc(N3CCN(C(=O)CN(Cc4ccc(F)cc4)C(=O)C4CC4)CC3)nn2)cc1. The van der Waals surface area contributed by atoms with Crippen LogP contribution in [-0.4, -0.2) is 64.5 Å². The normalized spacial score (nSPS) is 15.6. The molecule has 2 aliphatic rings. The molecule has 1 aliphatic heterocycles. The van der Waals surface area contributed by atoms with Gasteiger partial charge in [-0.2, -0.15) is 0 Å². The maximum absolute atomic E-state index is 13.3. The van der Waals surface area contributed by atoms with Crippen molar-refractivity contribution in [2.45, 2.75) is 26.3 Å². The lowest BCUT2D eigenvalue weighted by Crippen LogP contribution is -2.52. The fraction of sp³-hybridized carbons (Fsp3) is 0.357. The maximum Gasteiger partial charge on any atom is 0.242 e. The molecule has 186 valence electrons. The smallest absolute Gasteiger partial charge is 0.242 e. The van der Waals surface area contributed by atoms with E-state index in [4.69, 9.17) is 0 Å². The first kappa shape index (κ1) is 23.9. The Bertz CT molecular complexity index is 1200. The van der Waals surface area contributed by atoms with E-state index in [9.17, 15) is 14.0 Å². The third kappa shape index (κ3) is 5.70. The van der Waals surface area contributed by atoms with Crippen molar-refractivity contribution in [3.63, 3.8) is 0 Å². The minimum atomic E-state index is -0.317. The molecule has 1 aromatic heterocycles. The quantitative estimate of drug-likeness (QED) is 0.509. The van der Waals surface area contributed by atoms with E-state index >= 15 is 0 Å². The third-order valence-electron chi connectivity index (χ3n) is 6.81. The molecule has 2 heterocycles. The molecule has 3 aromatic rings. The Hall–Kier alpha value is -3.81. The molecule has 1 aliphatic carbocycles. The lowest BCUT2D eigenvalue weighted by atomic mass is 10.1. The molecule has 0 unspecified atom stereocenters. The van der Waals surface area contributed by atoms with Crippen LogP contribution in [0.2, 0.25) is 0 Å². The van der Waals surface area contributed by atoms with Crippen LogP contribution >= 0.6 is 0 Å². The van der Waals surface area contributed by atoms with Gasteiger partial charge in [0.15, 0.2) is 5.82 Å². The number of hydrogen-bond donors (Lipinski definition) is 0. The number of amides is 2. The van der Waals surface area contributed by atoms with Crippen LogP contribution < -0.4 is 4.90 Å². The predicted molar refractivity (Wildman–Crippen MR) is 136 cm³/mol. The van der Waals surface area contributed by atoms with Crippen LogP contribution in [0.15, 0.2) is 60.7 Å². The standard InChI is InChI=1S/C28H30FN5O2/c1-20-2-6-22(7-3-20)25-12-13-26(31-30-25)32-14-16-33(17-15-32)27(35)19-34(28(36)23-8-9-23)18-21-4-10-24(29)11-5-21/h2-7,10-13,23H,8-9,14-19H2,1H3. The zero-order valence-electron chi connectivity index (χ0n) is 20.4. The highest BCUT2D eigenvalue weighted by Crippen LogP contribution is 2.31. The second kappa shape index (κ2) is 10.4. The Kier molecular flexibility index (Phi) is 6.93. The van der Waals surface area contributed by atoms with Gasteiger partial charge in [0.1, 0.15) is 12.4 Å². The van der Waals surface area contributed by atoms with Crippen LogP contribution in [0.5, 0.6) is 0 Å². The Morgan fingerprint density at radius 1 is 0.917 bits per heavy atom. The molecule has 5 rings (SSSR count). The van der Waals surface area contributed by atoms with Crippen LogP contribution in [0.4, 0.5) is 10.2 Å². The van der Waals surface area contributed by atoms with Gasteiger partial charge < -0.3 is 14.7 Å². The van der Waals surface area contributed by atoms with Crippen molar-refractivity contribution in [3.05, 3.63) is 77.6 Å². The summed E-state index contributed by atoms with van der Waals surface area (Å²) in [5, 5.41) is 8.81. The van der Waals surface area contributed by atoms with Crippen LogP contribution in [0.3, 0.4) is 0 Å². The number of anilines is 1. The number of aryl methyl sites for hydroxylation is 1. The number of halogens is 1. The van der Waals surface area contributed by atoms with Crippen molar-refractivity contribution >= 4 is 17.6 Å². The lowest BCUT2D eigenvalue weighted by molar-refractivity contribution is -0.142. The van der Waals surface area contributed by atoms with Gasteiger partial charge in [-0.05, 0) is 49.6 Å². The second-order valence-corrected chi connectivity index (χ2v) is 9.61. The van der Waals surface area contributed by atoms with E-state index in [0.29, 0.717) is 32.7 Å². The molecule has 36 heavy (non-hydrogen) atoms. The molecule has 0 atom stereocenters. The van der Waals surface area contributed by atoms with Crippen molar-refractivity contribution in [2.24, 2.45) is 5.92 Å².